The molecule has 4 heteroatoms. The molecule has 0 spiro atoms. The number of aryl methyl sites for hydroxylation is 1. The molecule has 1 atom stereocenters. The summed E-state index contributed by atoms with van der Waals surface area (Å²) in [5.74, 6) is 1.99. The van der Waals surface area contributed by atoms with Crippen LogP contribution in [-0.2, 0) is 13.0 Å². The minimum absolute atomic E-state index is 0.239. The Hall–Kier alpha value is -1.81. The van der Waals surface area contributed by atoms with Crippen molar-refractivity contribution in [2.75, 3.05) is 14.2 Å². The standard InChI is InChI=1S/C15H21N3O/c1-4-18-9-8-17-15(18)11-14(16-2)12-6-5-7-13(10-12)19-3/h5-10,14,16H,4,11H2,1-3H3. The maximum absolute atomic E-state index is 5.28. The van der Waals surface area contributed by atoms with E-state index >= 15 is 0 Å². The molecule has 1 heterocycles. The summed E-state index contributed by atoms with van der Waals surface area (Å²) in [5, 5.41) is 3.35. The second kappa shape index (κ2) is 6.38. The van der Waals surface area contributed by atoms with Gasteiger partial charge in [-0.3, -0.25) is 0 Å². The van der Waals surface area contributed by atoms with E-state index in [1.54, 1.807) is 7.11 Å². The normalized spacial score (nSPS) is 12.4. The number of hydrogen-bond donors (Lipinski definition) is 1. The third-order valence-corrected chi connectivity index (χ3v) is 3.37. The first kappa shape index (κ1) is 13.6. The largest absolute Gasteiger partial charge is 0.497 e. The summed E-state index contributed by atoms with van der Waals surface area (Å²) in [4.78, 5) is 4.43. The van der Waals surface area contributed by atoms with Gasteiger partial charge in [-0.25, -0.2) is 4.98 Å². The first-order chi connectivity index (χ1) is 9.28. The number of methoxy groups -OCH3 is 1. The second-order valence-electron chi connectivity index (χ2n) is 4.45. The molecule has 1 unspecified atom stereocenters. The first-order valence-electron chi connectivity index (χ1n) is 6.59. The van der Waals surface area contributed by atoms with Gasteiger partial charge in [-0.15, -0.1) is 0 Å². The van der Waals surface area contributed by atoms with Crippen molar-refractivity contribution < 1.29 is 4.74 Å². The molecule has 1 aromatic heterocycles. The summed E-state index contributed by atoms with van der Waals surface area (Å²) in [5.41, 5.74) is 1.22. The molecule has 1 aromatic carbocycles. The molecule has 1 N–H and O–H groups in total. The van der Waals surface area contributed by atoms with E-state index < -0.39 is 0 Å². The van der Waals surface area contributed by atoms with E-state index in [0.717, 1.165) is 24.5 Å². The average Bonchev–Trinajstić information content (AvgIpc) is 2.92. The molecule has 2 rings (SSSR count). The van der Waals surface area contributed by atoms with Crippen molar-refractivity contribution in [3.8, 4) is 5.75 Å². The summed E-state index contributed by atoms with van der Waals surface area (Å²) < 4.78 is 7.45. The van der Waals surface area contributed by atoms with Crippen molar-refractivity contribution in [1.82, 2.24) is 14.9 Å². The maximum Gasteiger partial charge on any atom is 0.119 e. The summed E-state index contributed by atoms with van der Waals surface area (Å²) in [6, 6.07) is 8.40. The van der Waals surface area contributed by atoms with Crippen LogP contribution in [0, 0.1) is 0 Å². The number of benzene rings is 1. The molecule has 0 aliphatic heterocycles. The summed E-state index contributed by atoms with van der Waals surface area (Å²) in [6.07, 6.45) is 4.75. The van der Waals surface area contributed by atoms with E-state index in [1.807, 2.05) is 31.6 Å². The molecule has 0 fully saturated rings. The summed E-state index contributed by atoms with van der Waals surface area (Å²) >= 11 is 0. The zero-order valence-electron chi connectivity index (χ0n) is 11.8. The lowest BCUT2D eigenvalue weighted by Gasteiger charge is -2.17. The zero-order chi connectivity index (χ0) is 13.7. The van der Waals surface area contributed by atoms with Crippen LogP contribution in [0.1, 0.15) is 24.4 Å². The van der Waals surface area contributed by atoms with Gasteiger partial charge in [-0.2, -0.15) is 0 Å². The van der Waals surface area contributed by atoms with Crippen LogP contribution in [0.5, 0.6) is 5.75 Å². The van der Waals surface area contributed by atoms with E-state index in [1.165, 1.54) is 5.56 Å². The smallest absolute Gasteiger partial charge is 0.119 e. The number of rotatable bonds is 6. The number of hydrogen-bond acceptors (Lipinski definition) is 3. The van der Waals surface area contributed by atoms with E-state index in [2.05, 4.69) is 33.9 Å². The van der Waals surface area contributed by atoms with Gasteiger partial charge in [-0.05, 0) is 31.7 Å². The third-order valence-electron chi connectivity index (χ3n) is 3.37. The SMILES string of the molecule is CCn1ccnc1CC(NC)c1cccc(OC)c1. The van der Waals surface area contributed by atoms with Crippen molar-refractivity contribution in [1.29, 1.82) is 0 Å². The Balaban J connectivity index is 2.20. The molecule has 0 aliphatic carbocycles. The van der Waals surface area contributed by atoms with Crippen LogP contribution in [0.3, 0.4) is 0 Å². The average molecular weight is 259 g/mol. The highest BCUT2D eigenvalue weighted by Crippen LogP contribution is 2.21. The molecule has 0 saturated carbocycles. The van der Waals surface area contributed by atoms with Crippen molar-refractivity contribution in [2.45, 2.75) is 25.9 Å². The number of nitrogens with zero attached hydrogens (tertiary/aromatic N) is 2. The molecule has 102 valence electrons. The van der Waals surface area contributed by atoms with Gasteiger partial charge >= 0.3 is 0 Å². The third kappa shape index (κ3) is 3.15. The lowest BCUT2D eigenvalue weighted by Crippen LogP contribution is -2.20. The Labute approximate surface area is 114 Å². The van der Waals surface area contributed by atoms with Gasteiger partial charge < -0.3 is 14.6 Å². The Bertz CT molecular complexity index is 522. The van der Waals surface area contributed by atoms with Crippen molar-refractivity contribution in [3.63, 3.8) is 0 Å². The van der Waals surface area contributed by atoms with E-state index in [4.69, 9.17) is 4.74 Å². The van der Waals surface area contributed by atoms with Crippen LogP contribution in [0.15, 0.2) is 36.7 Å². The van der Waals surface area contributed by atoms with Crippen LogP contribution in [0.25, 0.3) is 0 Å². The summed E-state index contributed by atoms with van der Waals surface area (Å²) in [7, 11) is 3.67. The van der Waals surface area contributed by atoms with Gasteiger partial charge in [0.15, 0.2) is 0 Å². The van der Waals surface area contributed by atoms with Crippen molar-refractivity contribution in [3.05, 3.63) is 48.0 Å². The van der Waals surface area contributed by atoms with Crippen molar-refractivity contribution >= 4 is 0 Å². The van der Waals surface area contributed by atoms with Crippen molar-refractivity contribution in [2.24, 2.45) is 0 Å². The second-order valence-corrected chi connectivity index (χ2v) is 4.45. The fraction of sp³-hybridized carbons (Fsp3) is 0.400. The van der Waals surface area contributed by atoms with E-state index in [0.29, 0.717) is 0 Å². The number of likely N-dealkylation sites (N-methyl/N-ethyl adjacent to an activating group) is 1. The molecule has 4 nitrogen and oxygen atoms in total. The quantitative estimate of drug-likeness (QED) is 0.866. The summed E-state index contributed by atoms with van der Waals surface area (Å²) in [6.45, 7) is 3.08. The Kier molecular flexibility index (Phi) is 4.58. The highest BCUT2D eigenvalue weighted by molar-refractivity contribution is 5.31. The predicted molar refractivity (Wildman–Crippen MR) is 76.4 cm³/mol. The van der Waals surface area contributed by atoms with Gasteiger partial charge in [0.25, 0.3) is 0 Å². The van der Waals surface area contributed by atoms with Crippen LogP contribution >= 0.6 is 0 Å². The van der Waals surface area contributed by atoms with Crippen LogP contribution in [-0.4, -0.2) is 23.7 Å². The van der Waals surface area contributed by atoms with Gasteiger partial charge in [0, 0.05) is 31.4 Å². The van der Waals surface area contributed by atoms with Gasteiger partial charge in [0.1, 0.15) is 11.6 Å². The lowest BCUT2D eigenvalue weighted by molar-refractivity contribution is 0.413. The minimum atomic E-state index is 0.239. The molecule has 0 radical (unpaired) electrons. The predicted octanol–water partition coefficient (Wildman–Crippen LogP) is 2.41. The van der Waals surface area contributed by atoms with Gasteiger partial charge in [-0.1, -0.05) is 12.1 Å². The Morgan fingerprint density at radius 3 is 2.95 bits per heavy atom. The van der Waals surface area contributed by atoms with Gasteiger partial charge in [0.2, 0.25) is 0 Å². The fourth-order valence-corrected chi connectivity index (χ4v) is 2.25. The van der Waals surface area contributed by atoms with E-state index in [-0.39, 0.29) is 6.04 Å². The molecule has 2 aromatic rings. The van der Waals surface area contributed by atoms with Crippen LogP contribution in [0.2, 0.25) is 0 Å². The topological polar surface area (TPSA) is 39.1 Å². The molecule has 19 heavy (non-hydrogen) atoms. The number of aromatic nitrogens is 2. The lowest BCUT2D eigenvalue weighted by atomic mass is 10.0. The number of imidazole rings is 1. The number of nitrogens with one attached hydrogen (secondary N) is 1. The first-order valence-corrected chi connectivity index (χ1v) is 6.59. The molecule has 0 amide bonds. The fourth-order valence-electron chi connectivity index (χ4n) is 2.25. The molecular weight excluding hydrogens is 238 g/mol. The highest BCUT2D eigenvalue weighted by Gasteiger charge is 2.13. The Morgan fingerprint density at radius 2 is 2.26 bits per heavy atom. The number of ether oxygens (including phenoxy) is 1. The van der Waals surface area contributed by atoms with Gasteiger partial charge in [0.05, 0.1) is 7.11 Å². The maximum atomic E-state index is 5.28. The Morgan fingerprint density at radius 1 is 1.42 bits per heavy atom. The zero-order valence-corrected chi connectivity index (χ0v) is 11.8. The minimum Gasteiger partial charge on any atom is -0.497 e. The molecule has 0 aliphatic rings. The van der Waals surface area contributed by atoms with Crippen LogP contribution in [0.4, 0.5) is 0 Å². The molecule has 0 bridgehead atoms. The molecular formula is C15H21N3O. The molecule has 0 saturated heterocycles. The van der Waals surface area contributed by atoms with Crippen LogP contribution < -0.4 is 10.1 Å². The van der Waals surface area contributed by atoms with E-state index in [9.17, 15) is 0 Å². The highest BCUT2D eigenvalue weighted by atomic mass is 16.5. The monoisotopic (exact) mass is 259 g/mol.